The molecule has 2 aromatic heterocycles. The van der Waals surface area contributed by atoms with E-state index >= 15 is 0 Å². The van der Waals surface area contributed by atoms with Gasteiger partial charge in [0.2, 0.25) is 0 Å². The highest BCUT2D eigenvalue weighted by Crippen LogP contribution is 2.30. The third-order valence-electron chi connectivity index (χ3n) is 5.01. The summed E-state index contributed by atoms with van der Waals surface area (Å²) in [4.78, 5) is 25.9. The molecule has 0 fully saturated rings. The Bertz CT molecular complexity index is 1190. The highest BCUT2D eigenvalue weighted by atomic mass is 19.4. The van der Waals surface area contributed by atoms with Gasteiger partial charge in [0.1, 0.15) is 11.3 Å². The average Bonchev–Trinajstić information content (AvgIpc) is 3.12. The smallest absolute Gasteiger partial charge is 0.388 e. The molecule has 0 aliphatic heterocycles. The van der Waals surface area contributed by atoms with Crippen molar-refractivity contribution in [2.24, 2.45) is 7.05 Å². The Hall–Kier alpha value is -3.47. The standard InChI is InChI=1S/C21H22F3N5O3/c1-12(20(2,3)32)26-18(30)16-9-17(13-5-7-14(8-6-13)21(22,23)24)27-29(19(16)31)15-10-25-28(4)11-15/h5-12,32H,1-4H3,(H,26,30)/t12-/m0/s1. The first-order chi connectivity index (χ1) is 14.8. The lowest BCUT2D eigenvalue weighted by Crippen LogP contribution is -2.48. The summed E-state index contributed by atoms with van der Waals surface area (Å²) in [5.74, 6) is -0.752. The second-order valence-corrected chi connectivity index (χ2v) is 7.96. The summed E-state index contributed by atoms with van der Waals surface area (Å²) in [6, 6.07) is 4.74. The number of carbonyl (C=O) groups is 1. The fraction of sp³-hybridized carbons (Fsp3) is 0.333. The number of aryl methyl sites for hydroxylation is 1. The van der Waals surface area contributed by atoms with E-state index < -0.39 is 34.8 Å². The van der Waals surface area contributed by atoms with Crippen LogP contribution in [0.1, 0.15) is 36.7 Å². The van der Waals surface area contributed by atoms with Crippen molar-refractivity contribution in [3.63, 3.8) is 0 Å². The molecule has 1 atom stereocenters. The Kier molecular flexibility index (Phi) is 5.96. The zero-order valence-corrected chi connectivity index (χ0v) is 17.8. The van der Waals surface area contributed by atoms with E-state index in [1.807, 2.05) is 0 Å². The number of aliphatic hydroxyl groups is 1. The van der Waals surface area contributed by atoms with Crippen molar-refractivity contribution in [3.05, 3.63) is 64.2 Å². The van der Waals surface area contributed by atoms with Gasteiger partial charge >= 0.3 is 6.18 Å². The molecule has 170 valence electrons. The summed E-state index contributed by atoms with van der Waals surface area (Å²) < 4.78 is 41.1. The third kappa shape index (κ3) is 4.88. The number of hydrogen-bond donors (Lipinski definition) is 2. The lowest BCUT2D eigenvalue weighted by atomic mass is 10.0. The van der Waals surface area contributed by atoms with Gasteiger partial charge in [0.05, 0.1) is 35.3 Å². The maximum atomic E-state index is 13.0. The Labute approximate surface area is 181 Å². The summed E-state index contributed by atoms with van der Waals surface area (Å²) >= 11 is 0. The van der Waals surface area contributed by atoms with E-state index in [0.29, 0.717) is 0 Å². The minimum atomic E-state index is -4.50. The van der Waals surface area contributed by atoms with Crippen LogP contribution in [0.5, 0.6) is 0 Å². The van der Waals surface area contributed by atoms with Crippen LogP contribution < -0.4 is 10.9 Å². The van der Waals surface area contributed by atoms with E-state index in [2.05, 4.69) is 15.5 Å². The van der Waals surface area contributed by atoms with Crippen LogP contribution in [0.15, 0.2) is 47.5 Å². The predicted molar refractivity (Wildman–Crippen MR) is 110 cm³/mol. The lowest BCUT2D eigenvalue weighted by molar-refractivity contribution is -0.137. The molecule has 0 unspecified atom stereocenters. The zero-order chi connectivity index (χ0) is 23.8. The van der Waals surface area contributed by atoms with Gasteiger partial charge in [-0.05, 0) is 39.0 Å². The normalized spacial score (nSPS) is 13.1. The second kappa shape index (κ2) is 8.23. The van der Waals surface area contributed by atoms with E-state index in [0.717, 1.165) is 16.8 Å². The quantitative estimate of drug-likeness (QED) is 0.623. The molecule has 1 aromatic carbocycles. The molecule has 0 radical (unpaired) electrons. The van der Waals surface area contributed by atoms with E-state index in [4.69, 9.17) is 0 Å². The minimum absolute atomic E-state index is 0.114. The average molecular weight is 449 g/mol. The first kappa shape index (κ1) is 23.2. The molecule has 0 bridgehead atoms. The van der Waals surface area contributed by atoms with E-state index in [1.165, 1.54) is 49.1 Å². The van der Waals surface area contributed by atoms with Gasteiger partial charge in [0.25, 0.3) is 11.5 Å². The number of alkyl halides is 3. The van der Waals surface area contributed by atoms with Crippen LogP contribution in [0, 0.1) is 0 Å². The molecule has 8 nitrogen and oxygen atoms in total. The molecular weight excluding hydrogens is 427 g/mol. The molecule has 32 heavy (non-hydrogen) atoms. The number of amides is 1. The maximum Gasteiger partial charge on any atom is 0.416 e. The number of hydrogen-bond acceptors (Lipinski definition) is 5. The van der Waals surface area contributed by atoms with Gasteiger partial charge in [-0.2, -0.15) is 28.1 Å². The van der Waals surface area contributed by atoms with Crippen LogP contribution in [-0.2, 0) is 13.2 Å². The van der Waals surface area contributed by atoms with Crippen molar-refractivity contribution in [2.45, 2.75) is 38.6 Å². The molecule has 0 aliphatic carbocycles. The summed E-state index contributed by atoms with van der Waals surface area (Å²) in [6.45, 7) is 4.59. The number of carbonyl (C=O) groups excluding carboxylic acids is 1. The number of benzene rings is 1. The van der Waals surface area contributed by atoms with Crippen molar-refractivity contribution in [2.75, 3.05) is 0 Å². The van der Waals surface area contributed by atoms with Crippen molar-refractivity contribution >= 4 is 5.91 Å². The highest BCUT2D eigenvalue weighted by molar-refractivity contribution is 5.95. The van der Waals surface area contributed by atoms with Gasteiger partial charge in [-0.3, -0.25) is 14.3 Å². The van der Waals surface area contributed by atoms with Crippen molar-refractivity contribution in [1.82, 2.24) is 24.9 Å². The van der Waals surface area contributed by atoms with Gasteiger partial charge in [0, 0.05) is 12.6 Å². The molecule has 3 rings (SSSR count). The van der Waals surface area contributed by atoms with Crippen molar-refractivity contribution in [3.8, 4) is 16.9 Å². The Balaban J connectivity index is 2.13. The van der Waals surface area contributed by atoms with E-state index in [9.17, 15) is 27.9 Å². The zero-order valence-electron chi connectivity index (χ0n) is 17.8. The monoisotopic (exact) mass is 449 g/mol. The highest BCUT2D eigenvalue weighted by Gasteiger charge is 2.30. The molecule has 0 aliphatic rings. The summed E-state index contributed by atoms with van der Waals surface area (Å²) in [5.41, 5.74) is -2.44. The molecule has 2 N–H and O–H groups in total. The number of halogens is 3. The number of nitrogens with zero attached hydrogens (tertiary/aromatic N) is 4. The van der Waals surface area contributed by atoms with Crippen molar-refractivity contribution < 1.29 is 23.1 Å². The van der Waals surface area contributed by atoms with Gasteiger partial charge in [-0.1, -0.05) is 12.1 Å². The summed E-state index contributed by atoms with van der Waals surface area (Å²) in [6.07, 6.45) is -1.63. The number of rotatable bonds is 5. The molecule has 0 spiro atoms. The molecule has 0 saturated heterocycles. The van der Waals surface area contributed by atoms with Gasteiger partial charge in [0.15, 0.2) is 0 Å². The predicted octanol–water partition coefficient (Wildman–Crippen LogP) is 2.54. The fourth-order valence-electron chi connectivity index (χ4n) is 2.77. The first-order valence-electron chi connectivity index (χ1n) is 9.61. The Morgan fingerprint density at radius 2 is 1.81 bits per heavy atom. The number of nitrogens with one attached hydrogen (secondary N) is 1. The third-order valence-corrected chi connectivity index (χ3v) is 5.01. The van der Waals surface area contributed by atoms with Crippen LogP contribution in [0.3, 0.4) is 0 Å². The summed E-state index contributed by atoms with van der Waals surface area (Å²) in [7, 11) is 1.63. The first-order valence-corrected chi connectivity index (χ1v) is 9.61. The van der Waals surface area contributed by atoms with Gasteiger partial charge < -0.3 is 10.4 Å². The van der Waals surface area contributed by atoms with E-state index in [1.54, 1.807) is 14.0 Å². The molecule has 3 aromatic rings. The maximum absolute atomic E-state index is 13.0. The molecule has 11 heteroatoms. The van der Waals surface area contributed by atoms with Crippen LogP contribution in [0.4, 0.5) is 13.2 Å². The topological polar surface area (TPSA) is 102 Å². The minimum Gasteiger partial charge on any atom is -0.388 e. The number of aromatic nitrogens is 4. The second-order valence-electron chi connectivity index (χ2n) is 7.96. The fourth-order valence-corrected chi connectivity index (χ4v) is 2.77. The van der Waals surface area contributed by atoms with Crippen molar-refractivity contribution in [1.29, 1.82) is 0 Å². The van der Waals surface area contributed by atoms with E-state index in [-0.39, 0.29) is 22.5 Å². The Morgan fingerprint density at radius 3 is 2.31 bits per heavy atom. The largest absolute Gasteiger partial charge is 0.416 e. The molecular formula is C21H22F3N5O3. The Morgan fingerprint density at radius 1 is 1.19 bits per heavy atom. The van der Waals surface area contributed by atoms with Gasteiger partial charge in [-0.15, -0.1) is 0 Å². The van der Waals surface area contributed by atoms with Gasteiger partial charge in [-0.25, -0.2) is 0 Å². The lowest BCUT2D eigenvalue weighted by Gasteiger charge is -2.26. The van der Waals surface area contributed by atoms with Crippen LogP contribution in [0.2, 0.25) is 0 Å². The molecule has 2 heterocycles. The van der Waals surface area contributed by atoms with Crippen LogP contribution in [0.25, 0.3) is 16.9 Å². The summed E-state index contributed by atoms with van der Waals surface area (Å²) in [5, 5.41) is 20.9. The van der Waals surface area contributed by atoms with Crippen LogP contribution >= 0.6 is 0 Å². The van der Waals surface area contributed by atoms with Crippen LogP contribution in [-0.4, -0.2) is 42.2 Å². The molecule has 1 amide bonds. The SMILES string of the molecule is C[C@H](NC(=O)c1cc(-c2ccc(C(F)(F)F)cc2)nn(-c2cnn(C)c2)c1=O)C(C)(C)O. The molecule has 0 saturated carbocycles.